The Hall–Kier alpha value is -1.25. The fourth-order valence-corrected chi connectivity index (χ4v) is 2.56. The van der Waals surface area contributed by atoms with E-state index >= 15 is 0 Å². The molecular formula is C11H15N3. The number of nitrogens with one attached hydrogen (secondary N) is 1. The van der Waals surface area contributed by atoms with Gasteiger partial charge in [0, 0.05) is 19.3 Å². The smallest absolute Gasteiger partial charge is 0.152 e. The molecule has 2 aliphatic rings. The summed E-state index contributed by atoms with van der Waals surface area (Å²) in [5, 5.41) is 3.46. The Morgan fingerprint density at radius 2 is 2.50 bits per heavy atom. The van der Waals surface area contributed by atoms with E-state index in [0.29, 0.717) is 6.04 Å². The largest absolute Gasteiger partial charge is 0.380 e. The third-order valence-electron chi connectivity index (χ3n) is 3.44. The van der Waals surface area contributed by atoms with Gasteiger partial charge in [0.2, 0.25) is 0 Å². The first-order valence-corrected chi connectivity index (χ1v) is 5.32. The molecule has 3 nitrogen and oxygen atoms in total. The summed E-state index contributed by atoms with van der Waals surface area (Å²) in [6.07, 6.45) is 3.17. The number of nitrogens with zero attached hydrogens (tertiary/aromatic N) is 2. The number of aromatic nitrogens is 1. The molecule has 1 aromatic rings. The molecular weight excluding hydrogens is 174 g/mol. The highest BCUT2D eigenvalue weighted by Crippen LogP contribution is 2.36. The quantitative estimate of drug-likeness (QED) is 0.673. The summed E-state index contributed by atoms with van der Waals surface area (Å²) in [6.45, 7) is 4.57. The lowest BCUT2D eigenvalue weighted by Crippen LogP contribution is -2.42. The maximum absolute atomic E-state index is 4.46. The fourth-order valence-electron chi connectivity index (χ4n) is 2.56. The van der Waals surface area contributed by atoms with Crippen LogP contribution in [0.3, 0.4) is 0 Å². The van der Waals surface area contributed by atoms with Crippen molar-refractivity contribution < 1.29 is 0 Å². The van der Waals surface area contributed by atoms with E-state index in [1.807, 2.05) is 12.3 Å². The Morgan fingerprint density at radius 1 is 1.57 bits per heavy atom. The van der Waals surface area contributed by atoms with Gasteiger partial charge >= 0.3 is 0 Å². The third kappa shape index (κ3) is 1.01. The molecule has 1 N–H and O–H groups in total. The van der Waals surface area contributed by atoms with Crippen LogP contribution in [0.15, 0.2) is 18.3 Å². The summed E-state index contributed by atoms with van der Waals surface area (Å²) < 4.78 is 0. The molecule has 0 aliphatic carbocycles. The van der Waals surface area contributed by atoms with Crippen molar-refractivity contribution in [2.45, 2.75) is 19.4 Å². The van der Waals surface area contributed by atoms with Crippen LogP contribution in [0, 0.1) is 5.92 Å². The first-order chi connectivity index (χ1) is 6.86. The first kappa shape index (κ1) is 8.09. The van der Waals surface area contributed by atoms with Gasteiger partial charge in [0.1, 0.15) is 0 Å². The molecule has 3 heterocycles. The number of hydrogen-bond acceptors (Lipinski definition) is 3. The summed E-state index contributed by atoms with van der Waals surface area (Å²) in [5.41, 5.74) is 1.19. The monoisotopic (exact) mass is 189 g/mol. The van der Waals surface area contributed by atoms with E-state index in [-0.39, 0.29) is 0 Å². The van der Waals surface area contributed by atoms with E-state index in [1.54, 1.807) is 0 Å². The SMILES string of the molecule is CC1CCN2c3ncccc3NCC12. The minimum Gasteiger partial charge on any atom is -0.380 e. The van der Waals surface area contributed by atoms with Crippen molar-refractivity contribution in [1.82, 2.24) is 4.98 Å². The van der Waals surface area contributed by atoms with Crippen LogP contribution >= 0.6 is 0 Å². The molecule has 2 aliphatic heterocycles. The topological polar surface area (TPSA) is 28.2 Å². The highest BCUT2D eigenvalue weighted by molar-refractivity contribution is 5.68. The number of fused-ring (bicyclic) bond motifs is 3. The van der Waals surface area contributed by atoms with Crippen molar-refractivity contribution in [2.75, 3.05) is 23.3 Å². The van der Waals surface area contributed by atoms with E-state index in [4.69, 9.17) is 0 Å². The molecule has 3 rings (SSSR count). The van der Waals surface area contributed by atoms with Gasteiger partial charge < -0.3 is 10.2 Å². The maximum Gasteiger partial charge on any atom is 0.152 e. The van der Waals surface area contributed by atoms with Gasteiger partial charge in [0.15, 0.2) is 5.82 Å². The zero-order valence-electron chi connectivity index (χ0n) is 8.40. The summed E-state index contributed by atoms with van der Waals surface area (Å²) >= 11 is 0. The lowest BCUT2D eigenvalue weighted by Gasteiger charge is -2.34. The standard InChI is InChI=1S/C11H15N3/c1-8-4-6-14-10(8)7-13-9-3-2-5-12-11(9)14/h2-3,5,8,10,13H,4,6-7H2,1H3. The Balaban J connectivity index is 2.03. The van der Waals surface area contributed by atoms with Crippen LogP contribution in [-0.4, -0.2) is 24.1 Å². The Morgan fingerprint density at radius 3 is 3.43 bits per heavy atom. The first-order valence-electron chi connectivity index (χ1n) is 5.32. The molecule has 74 valence electrons. The average molecular weight is 189 g/mol. The average Bonchev–Trinajstić information content (AvgIpc) is 2.61. The van der Waals surface area contributed by atoms with Crippen molar-refractivity contribution in [1.29, 1.82) is 0 Å². The van der Waals surface area contributed by atoms with E-state index in [1.165, 1.54) is 12.1 Å². The van der Waals surface area contributed by atoms with Crippen LogP contribution in [0.4, 0.5) is 11.5 Å². The molecule has 0 saturated carbocycles. The van der Waals surface area contributed by atoms with Crippen LogP contribution in [0.25, 0.3) is 0 Å². The lowest BCUT2D eigenvalue weighted by atomic mass is 10.0. The minimum absolute atomic E-state index is 0.650. The van der Waals surface area contributed by atoms with Crippen LogP contribution in [-0.2, 0) is 0 Å². The normalized spacial score (nSPS) is 29.4. The molecule has 0 radical (unpaired) electrons. The number of rotatable bonds is 0. The molecule has 14 heavy (non-hydrogen) atoms. The van der Waals surface area contributed by atoms with Crippen LogP contribution in [0.1, 0.15) is 13.3 Å². The molecule has 1 fully saturated rings. The molecule has 1 saturated heterocycles. The van der Waals surface area contributed by atoms with E-state index < -0.39 is 0 Å². The predicted octanol–water partition coefficient (Wildman–Crippen LogP) is 1.72. The highest BCUT2D eigenvalue weighted by Gasteiger charge is 2.35. The van der Waals surface area contributed by atoms with Crippen molar-refractivity contribution in [3.05, 3.63) is 18.3 Å². The maximum atomic E-state index is 4.46. The van der Waals surface area contributed by atoms with E-state index in [2.05, 4.69) is 28.2 Å². The predicted molar refractivity (Wildman–Crippen MR) is 57.6 cm³/mol. The van der Waals surface area contributed by atoms with Gasteiger partial charge in [-0.2, -0.15) is 0 Å². The lowest BCUT2D eigenvalue weighted by molar-refractivity contribution is 0.521. The molecule has 0 aromatic carbocycles. The molecule has 0 spiro atoms. The Kier molecular flexibility index (Phi) is 1.66. The second-order valence-corrected chi connectivity index (χ2v) is 4.28. The number of pyridine rings is 1. The van der Waals surface area contributed by atoms with Crippen LogP contribution < -0.4 is 10.2 Å². The summed E-state index contributed by atoms with van der Waals surface area (Å²) in [6, 6.07) is 4.75. The zero-order valence-corrected chi connectivity index (χ0v) is 8.40. The van der Waals surface area contributed by atoms with Gasteiger partial charge in [-0.05, 0) is 24.5 Å². The van der Waals surface area contributed by atoms with Gasteiger partial charge in [-0.25, -0.2) is 4.98 Å². The van der Waals surface area contributed by atoms with E-state index in [9.17, 15) is 0 Å². The molecule has 3 heteroatoms. The summed E-state index contributed by atoms with van der Waals surface area (Å²) in [4.78, 5) is 6.91. The third-order valence-corrected chi connectivity index (χ3v) is 3.44. The Labute approximate surface area is 84.1 Å². The van der Waals surface area contributed by atoms with Crippen molar-refractivity contribution >= 4 is 11.5 Å². The van der Waals surface area contributed by atoms with Gasteiger partial charge in [-0.15, -0.1) is 0 Å². The van der Waals surface area contributed by atoms with Gasteiger partial charge in [-0.3, -0.25) is 0 Å². The number of hydrogen-bond donors (Lipinski definition) is 1. The Bertz CT molecular complexity index is 350. The fraction of sp³-hybridized carbons (Fsp3) is 0.545. The minimum atomic E-state index is 0.650. The van der Waals surface area contributed by atoms with Gasteiger partial charge in [-0.1, -0.05) is 6.92 Å². The summed E-state index contributed by atoms with van der Waals surface area (Å²) in [7, 11) is 0. The van der Waals surface area contributed by atoms with Crippen molar-refractivity contribution in [3.63, 3.8) is 0 Å². The van der Waals surface area contributed by atoms with Crippen molar-refractivity contribution in [3.8, 4) is 0 Å². The summed E-state index contributed by atoms with van der Waals surface area (Å²) in [5.74, 6) is 1.94. The van der Waals surface area contributed by atoms with Crippen LogP contribution in [0.2, 0.25) is 0 Å². The molecule has 1 aromatic heterocycles. The molecule has 2 unspecified atom stereocenters. The van der Waals surface area contributed by atoms with E-state index in [0.717, 1.165) is 24.8 Å². The second-order valence-electron chi connectivity index (χ2n) is 4.28. The van der Waals surface area contributed by atoms with Crippen LogP contribution in [0.5, 0.6) is 0 Å². The van der Waals surface area contributed by atoms with Crippen molar-refractivity contribution in [2.24, 2.45) is 5.92 Å². The van der Waals surface area contributed by atoms with Gasteiger partial charge in [0.05, 0.1) is 11.7 Å². The highest BCUT2D eigenvalue weighted by atomic mass is 15.3. The second kappa shape index (κ2) is 2.87. The molecule has 2 atom stereocenters. The van der Waals surface area contributed by atoms with Gasteiger partial charge in [0.25, 0.3) is 0 Å². The molecule has 0 bridgehead atoms. The molecule has 0 amide bonds. The zero-order chi connectivity index (χ0) is 9.54. The number of anilines is 2.